The summed E-state index contributed by atoms with van der Waals surface area (Å²) in [4.78, 5) is 37.4. The number of carboxylic acids is 1. The van der Waals surface area contributed by atoms with Crippen molar-refractivity contribution < 1.29 is 24.6 Å². The van der Waals surface area contributed by atoms with Crippen LogP contribution in [0.3, 0.4) is 0 Å². The first-order valence-electron chi connectivity index (χ1n) is 7.13. The van der Waals surface area contributed by atoms with Gasteiger partial charge in [-0.2, -0.15) is 0 Å². The molecule has 0 aromatic rings. The maximum atomic E-state index is 11.9. The molecule has 0 aliphatic carbocycles. The number of nitrogens with zero attached hydrogens (tertiary/aromatic N) is 2. The molecule has 1 aliphatic heterocycles. The maximum Gasteiger partial charge on any atom is 0.326 e. The summed E-state index contributed by atoms with van der Waals surface area (Å²) in [5.41, 5.74) is 0. The molecular weight excluding hydrogens is 278 g/mol. The molecule has 8 nitrogen and oxygen atoms in total. The van der Waals surface area contributed by atoms with Crippen molar-refractivity contribution in [2.45, 2.75) is 38.8 Å². The topological polar surface area (TPSA) is 110 Å². The number of aliphatic carboxylic acids is 1. The van der Waals surface area contributed by atoms with Crippen molar-refractivity contribution in [3.8, 4) is 0 Å². The van der Waals surface area contributed by atoms with Crippen LogP contribution in [0.2, 0.25) is 0 Å². The van der Waals surface area contributed by atoms with Crippen molar-refractivity contribution in [2.24, 2.45) is 0 Å². The summed E-state index contributed by atoms with van der Waals surface area (Å²) in [5.74, 6) is -1.20. The number of amides is 3. The minimum Gasteiger partial charge on any atom is -0.480 e. The molecule has 3 N–H and O–H groups in total. The Kier molecular flexibility index (Phi) is 6.41. The van der Waals surface area contributed by atoms with Crippen LogP contribution in [0, 0.1) is 0 Å². The normalized spacial score (nSPS) is 21.2. The fourth-order valence-corrected chi connectivity index (χ4v) is 2.38. The van der Waals surface area contributed by atoms with Crippen LogP contribution >= 0.6 is 0 Å². The highest BCUT2D eigenvalue weighted by Crippen LogP contribution is 2.17. The lowest BCUT2D eigenvalue weighted by Crippen LogP contribution is -2.47. The molecule has 0 radical (unpaired) electrons. The molecule has 1 saturated heterocycles. The van der Waals surface area contributed by atoms with Crippen LogP contribution in [0.15, 0.2) is 0 Å². The summed E-state index contributed by atoms with van der Waals surface area (Å²) in [6.45, 7) is 5.12. The summed E-state index contributed by atoms with van der Waals surface area (Å²) in [6, 6.07) is -1.58. The van der Waals surface area contributed by atoms with E-state index in [1.165, 1.54) is 0 Å². The summed E-state index contributed by atoms with van der Waals surface area (Å²) in [7, 11) is 0. The number of hydrogen-bond donors (Lipinski definition) is 3. The quantitative estimate of drug-likeness (QED) is 0.611. The molecule has 0 unspecified atom stereocenters. The fraction of sp³-hybridized carbons (Fsp3) is 0.769. The first kappa shape index (κ1) is 17.2. The molecule has 0 aromatic carbocycles. The summed E-state index contributed by atoms with van der Waals surface area (Å²) >= 11 is 0. The van der Waals surface area contributed by atoms with E-state index in [0.29, 0.717) is 13.1 Å². The number of β-amino-alcohol motifs (C(OH)–C–C–N with tert-alkyl or cyclic N) is 1. The molecule has 2 atom stereocenters. The molecule has 8 heteroatoms. The smallest absolute Gasteiger partial charge is 0.326 e. The second-order valence-electron chi connectivity index (χ2n) is 4.94. The highest BCUT2D eigenvalue weighted by molar-refractivity contribution is 5.84. The van der Waals surface area contributed by atoms with Crippen molar-refractivity contribution in [3.63, 3.8) is 0 Å². The van der Waals surface area contributed by atoms with Gasteiger partial charge in [-0.15, -0.1) is 0 Å². The van der Waals surface area contributed by atoms with E-state index < -0.39 is 24.1 Å². The second kappa shape index (κ2) is 7.82. The molecule has 3 amide bonds. The lowest BCUT2D eigenvalue weighted by molar-refractivity contribution is -0.141. The predicted molar refractivity (Wildman–Crippen MR) is 74.7 cm³/mol. The van der Waals surface area contributed by atoms with Gasteiger partial charge in [0.05, 0.1) is 6.10 Å². The molecule has 120 valence electrons. The number of rotatable bonds is 6. The predicted octanol–water partition coefficient (Wildman–Crippen LogP) is -0.526. The lowest BCUT2D eigenvalue weighted by atomic mass is 10.2. The maximum absolute atomic E-state index is 11.9. The van der Waals surface area contributed by atoms with Crippen molar-refractivity contribution in [1.82, 2.24) is 15.1 Å². The number of urea groups is 1. The van der Waals surface area contributed by atoms with E-state index in [4.69, 9.17) is 5.11 Å². The Morgan fingerprint density at radius 3 is 2.43 bits per heavy atom. The number of nitrogens with one attached hydrogen (secondary N) is 1. The van der Waals surface area contributed by atoms with Crippen molar-refractivity contribution in [3.05, 3.63) is 0 Å². The molecular formula is C13H23N3O5. The van der Waals surface area contributed by atoms with Gasteiger partial charge in [-0.1, -0.05) is 0 Å². The molecule has 1 aliphatic rings. The van der Waals surface area contributed by atoms with Gasteiger partial charge >= 0.3 is 12.0 Å². The standard InChI is InChI=1S/C13H23N3O5/c1-3-15(4-2)11(18)5-6-14-13(21)16-8-9(17)7-10(16)12(19)20/h9-10,17H,3-8H2,1-2H3,(H,14,21)(H,19,20)/t9-,10+/m1/s1. The van der Waals surface area contributed by atoms with Gasteiger partial charge in [0.15, 0.2) is 0 Å². The number of hydrogen-bond acceptors (Lipinski definition) is 4. The number of likely N-dealkylation sites (tertiary alicyclic amines) is 1. The number of carboxylic acid groups (broad SMARTS) is 1. The SMILES string of the molecule is CCN(CC)C(=O)CCNC(=O)N1C[C@H](O)C[C@H]1C(=O)O. The average molecular weight is 301 g/mol. The summed E-state index contributed by atoms with van der Waals surface area (Å²) in [6.07, 6.45) is -0.628. The van der Waals surface area contributed by atoms with E-state index in [1.54, 1.807) is 4.90 Å². The van der Waals surface area contributed by atoms with Gasteiger partial charge in [0.2, 0.25) is 5.91 Å². The van der Waals surface area contributed by atoms with Gasteiger partial charge in [-0.3, -0.25) is 4.79 Å². The van der Waals surface area contributed by atoms with Crippen molar-refractivity contribution in [1.29, 1.82) is 0 Å². The van der Waals surface area contributed by atoms with E-state index in [2.05, 4.69) is 5.32 Å². The van der Waals surface area contributed by atoms with Gasteiger partial charge in [0.1, 0.15) is 6.04 Å². The van der Waals surface area contributed by atoms with Crippen LogP contribution in [0.1, 0.15) is 26.7 Å². The zero-order chi connectivity index (χ0) is 16.0. The Bertz CT molecular complexity index is 397. The van der Waals surface area contributed by atoms with Crippen LogP contribution < -0.4 is 5.32 Å². The fourth-order valence-electron chi connectivity index (χ4n) is 2.38. The highest BCUT2D eigenvalue weighted by atomic mass is 16.4. The molecule has 1 rings (SSSR count). The molecule has 21 heavy (non-hydrogen) atoms. The first-order valence-corrected chi connectivity index (χ1v) is 7.13. The second-order valence-corrected chi connectivity index (χ2v) is 4.94. The Labute approximate surface area is 123 Å². The van der Waals surface area contributed by atoms with Gasteiger partial charge in [-0.05, 0) is 13.8 Å². The van der Waals surface area contributed by atoms with Gasteiger partial charge in [0.25, 0.3) is 0 Å². The molecule has 0 aromatic heterocycles. The summed E-state index contributed by atoms with van der Waals surface area (Å²) in [5, 5.41) is 21.0. The molecule has 0 saturated carbocycles. The lowest BCUT2D eigenvalue weighted by Gasteiger charge is -2.22. The third-order valence-corrected chi connectivity index (χ3v) is 3.56. The first-order chi connectivity index (χ1) is 9.90. The zero-order valence-electron chi connectivity index (χ0n) is 12.4. The van der Waals surface area contributed by atoms with Crippen LogP contribution in [0.5, 0.6) is 0 Å². The van der Waals surface area contributed by atoms with Gasteiger partial charge in [-0.25, -0.2) is 9.59 Å². The molecule has 0 spiro atoms. The highest BCUT2D eigenvalue weighted by Gasteiger charge is 2.38. The van der Waals surface area contributed by atoms with E-state index >= 15 is 0 Å². The Morgan fingerprint density at radius 2 is 1.90 bits per heavy atom. The number of aliphatic hydroxyl groups excluding tert-OH is 1. The van der Waals surface area contributed by atoms with Crippen LogP contribution in [0.25, 0.3) is 0 Å². The minimum atomic E-state index is -1.14. The number of carbonyl (C=O) groups excluding carboxylic acids is 2. The zero-order valence-corrected chi connectivity index (χ0v) is 12.4. The van der Waals surface area contributed by atoms with Crippen LogP contribution in [0.4, 0.5) is 4.79 Å². The van der Waals surface area contributed by atoms with E-state index in [1.807, 2.05) is 13.8 Å². The summed E-state index contributed by atoms with van der Waals surface area (Å²) < 4.78 is 0. The van der Waals surface area contributed by atoms with E-state index in [-0.39, 0.29) is 31.8 Å². The van der Waals surface area contributed by atoms with Crippen LogP contribution in [-0.2, 0) is 9.59 Å². The monoisotopic (exact) mass is 301 g/mol. The Hall–Kier alpha value is -1.83. The number of aliphatic hydroxyl groups is 1. The number of carbonyl (C=O) groups is 3. The minimum absolute atomic E-state index is 0.00715. The molecule has 0 bridgehead atoms. The van der Waals surface area contributed by atoms with E-state index in [9.17, 15) is 19.5 Å². The third-order valence-electron chi connectivity index (χ3n) is 3.56. The van der Waals surface area contributed by atoms with Crippen LogP contribution in [-0.4, -0.2) is 76.2 Å². The molecule has 1 fully saturated rings. The Morgan fingerprint density at radius 1 is 1.29 bits per heavy atom. The van der Waals surface area contributed by atoms with Gasteiger partial charge in [0, 0.05) is 39.0 Å². The van der Waals surface area contributed by atoms with Crippen molar-refractivity contribution >= 4 is 17.9 Å². The van der Waals surface area contributed by atoms with Crippen molar-refractivity contribution in [2.75, 3.05) is 26.2 Å². The third kappa shape index (κ3) is 4.59. The van der Waals surface area contributed by atoms with Gasteiger partial charge < -0.3 is 25.3 Å². The van der Waals surface area contributed by atoms with E-state index in [0.717, 1.165) is 4.90 Å². The average Bonchev–Trinajstić information content (AvgIpc) is 2.82. The Balaban J connectivity index is 2.43. The molecule has 1 heterocycles. The largest absolute Gasteiger partial charge is 0.480 e.